The van der Waals surface area contributed by atoms with Crippen molar-refractivity contribution in [1.29, 1.82) is 0 Å². The van der Waals surface area contributed by atoms with Crippen molar-refractivity contribution >= 4 is 17.7 Å². The van der Waals surface area contributed by atoms with Crippen molar-refractivity contribution in [2.24, 2.45) is 0 Å². The second-order valence-corrected chi connectivity index (χ2v) is 7.66. The molecule has 1 fully saturated rings. The standard InChI is InChI=1S/C19H23FN4O2S/c1-3-10-21-18(25)13(2)27-19-23-22-17(14-6-8-15(20)9-7-14)24(19)12-16-5-4-11-26-16/h3,6-9,13,16H,1,4-5,10-12H2,2H3,(H,21,25). The molecule has 3 rings (SSSR count). The van der Waals surface area contributed by atoms with Gasteiger partial charge in [0, 0.05) is 18.7 Å². The van der Waals surface area contributed by atoms with Crippen LogP contribution in [0.15, 0.2) is 42.1 Å². The van der Waals surface area contributed by atoms with Crippen LogP contribution in [0, 0.1) is 5.82 Å². The zero-order valence-corrected chi connectivity index (χ0v) is 16.0. The molecular weight excluding hydrogens is 367 g/mol. The first-order chi connectivity index (χ1) is 13.1. The van der Waals surface area contributed by atoms with Crippen molar-refractivity contribution in [3.8, 4) is 11.4 Å². The van der Waals surface area contributed by atoms with E-state index < -0.39 is 0 Å². The summed E-state index contributed by atoms with van der Waals surface area (Å²) in [5, 5.41) is 11.7. The van der Waals surface area contributed by atoms with E-state index in [1.165, 1.54) is 23.9 Å². The molecule has 0 bridgehead atoms. The Hall–Kier alpha value is -2.19. The molecule has 0 saturated carbocycles. The summed E-state index contributed by atoms with van der Waals surface area (Å²) in [6, 6.07) is 6.16. The molecule has 144 valence electrons. The number of nitrogens with zero attached hydrogens (tertiary/aromatic N) is 3. The molecule has 2 heterocycles. The van der Waals surface area contributed by atoms with Gasteiger partial charge in [-0.15, -0.1) is 16.8 Å². The first-order valence-electron chi connectivity index (χ1n) is 8.94. The van der Waals surface area contributed by atoms with Gasteiger partial charge in [-0.2, -0.15) is 0 Å². The van der Waals surface area contributed by atoms with Gasteiger partial charge >= 0.3 is 0 Å². The van der Waals surface area contributed by atoms with Gasteiger partial charge in [-0.25, -0.2) is 4.39 Å². The maximum Gasteiger partial charge on any atom is 0.233 e. The molecule has 8 heteroatoms. The predicted octanol–water partition coefficient (Wildman–Crippen LogP) is 3.05. The van der Waals surface area contributed by atoms with Crippen molar-refractivity contribution < 1.29 is 13.9 Å². The zero-order valence-electron chi connectivity index (χ0n) is 15.2. The van der Waals surface area contributed by atoms with Crippen LogP contribution in [-0.4, -0.2) is 45.2 Å². The molecule has 1 aromatic heterocycles. The largest absolute Gasteiger partial charge is 0.376 e. The minimum atomic E-state index is -0.335. The van der Waals surface area contributed by atoms with Crippen LogP contribution >= 0.6 is 11.8 Å². The molecule has 1 aliphatic rings. The highest BCUT2D eigenvalue weighted by Crippen LogP contribution is 2.29. The Morgan fingerprint density at radius 2 is 2.26 bits per heavy atom. The lowest BCUT2D eigenvalue weighted by atomic mass is 10.2. The summed E-state index contributed by atoms with van der Waals surface area (Å²) in [4.78, 5) is 12.2. The van der Waals surface area contributed by atoms with E-state index >= 15 is 0 Å². The normalized spacial score (nSPS) is 17.6. The topological polar surface area (TPSA) is 69.0 Å². The van der Waals surface area contributed by atoms with E-state index in [9.17, 15) is 9.18 Å². The minimum Gasteiger partial charge on any atom is -0.376 e. The highest BCUT2D eigenvalue weighted by molar-refractivity contribution is 8.00. The van der Waals surface area contributed by atoms with Crippen molar-refractivity contribution in [3.05, 3.63) is 42.7 Å². The number of carbonyl (C=O) groups excluding carboxylic acids is 1. The maximum absolute atomic E-state index is 13.3. The van der Waals surface area contributed by atoms with Crippen molar-refractivity contribution in [2.45, 2.75) is 42.8 Å². The van der Waals surface area contributed by atoms with Crippen LogP contribution in [0.4, 0.5) is 4.39 Å². The summed E-state index contributed by atoms with van der Waals surface area (Å²) < 4.78 is 21.0. The van der Waals surface area contributed by atoms with Crippen LogP contribution < -0.4 is 5.32 Å². The first-order valence-corrected chi connectivity index (χ1v) is 9.82. The van der Waals surface area contributed by atoms with Gasteiger partial charge in [-0.05, 0) is 44.0 Å². The maximum atomic E-state index is 13.3. The molecule has 2 atom stereocenters. The number of amides is 1. The Labute approximate surface area is 162 Å². The molecule has 0 aliphatic carbocycles. The molecule has 2 unspecified atom stereocenters. The third kappa shape index (κ3) is 4.95. The number of ether oxygens (including phenoxy) is 1. The Morgan fingerprint density at radius 1 is 1.48 bits per heavy atom. The van der Waals surface area contributed by atoms with Crippen molar-refractivity contribution in [1.82, 2.24) is 20.1 Å². The molecule has 27 heavy (non-hydrogen) atoms. The Morgan fingerprint density at radius 3 is 2.93 bits per heavy atom. The van der Waals surface area contributed by atoms with E-state index in [1.807, 2.05) is 11.5 Å². The van der Waals surface area contributed by atoms with Gasteiger partial charge in [0.05, 0.1) is 17.9 Å². The Balaban J connectivity index is 1.84. The SMILES string of the molecule is C=CCNC(=O)C(C)Sc1nnc(-c2ccc(F)cc2)n1CC1CCCO1. The summed E-state index contributed by atoms with van der Waals surface area (Å²) >= 11 is 1.34. The van der Waals surface area contributed by atoms with Gasteiger partial charge in [-0.1, -0.05) is 17.8 Å². The number of thioether (sulfide) groups is 1. The lowest BCUT2D eigenvalue weighted by molar-refractivity contribution is -0.120. The molecule has 1 N–H and O–H groups in total. The third-order valence-corrected chi connectivity index (χ3v) is 5.38. The van der Waals surface area contributed by atoms with E-state index in [4.69, 9.17) is 4.74 Å². The molecule has 1 saturated heterocycles. The summed E-state index contributed by atoms with van der Waals surface area (Å²) in [6.45, 7) is 7.20. The molecule has 2 aromatic rings. The van der Waals surface area contributed by atoms with E-state index in [1.54, 1.807) is 18.2 Å². The number of nitrogens with one attached hydrogen (secondary N) is 1. The highest BCUT2D eigenvalue weighted by Gasteiger charge is 2.24. The summed E-state index contributed by atoms with van der Waals surface area (Å²) in [6.07, 6.45) is 3.73. The van der Waals surface area contributed by atoms with E-state index in [2.05, 4.69) is 22.1 Å². The fourth-order valence-electron chi connectivity index (χ4n) is 2.87. The van der Waals surface area contributed by atoms with Crippen molar-refractivity contribution in [3.63, 3.8) is 0 Å². The molecule has 1 aliphatic heterocycles. The fraction of sp³-hybridized carbons (Fsp3) is 0.421. The molecule has 1 aromatic carbocycles. The smallest absolute Gasteiger partial charge is 0.233 e. The average molecular weight is 390 g/mol. The zero-order chi connectivity index (χ0) is 19.2. The summed E-state index contributed by atoms with van der Waals surface area (Å²) in [7, 11) is 0. The lowest BCUT2D eigenvalue weighted by Gasteiger charge is -2.16. The van der Waals surface area contributed by atoms with Crippen LogP contribution in [-0.2, 0) is 16.1 Å². The van der Waals surface area contributed by atoms with Gasteiger partial charge in [0.25, 0.3) is 0 Å². The Kier molecular flexibility index (Phi) is 6.63. The van der Waals surface area contributed by atoms with Crippen LogP contribution in [0.1, 0.15) is 19.8 Å². The second kappa shape index (κ2) is 9.14. The van der Waals surface area contributed by atoms with Crippen LogP contribution in [0.3, 0.4) is 0 Å². The first kappa shape index (κ1) is 19.6. The van der Waals surface area contributed by atoms with Gasteiger partial charge in [-0.3, -0.25) is 9.36 Å². The van der Waals surface area contributed by atoms with E-state index in [0.717, 1.165) is 25.0 Å². The fourth-order valence-corrected chi connectivity index (χ4v) is 3.76. The highest BCUT2D eigenvalue weighted by atomic mass is 32.2. The molecule has 0 radical (unpaired) electrons. The monoisotopic (exact) mass is 390 g/mol. The van der Waals surface area contributed by atoms with Crippen LogP contribution in [0.5, 0.6) is 0 Å². The molecule has 6 nitrogen and oxygen atoms in total. The number of hydrogen-bond donors (Lipinski definition) is 1. The van der Waals surface area contributed by atoms with Gasteiger partial charge in [0.1, 0.15) is 5.82 Å². The van der Waals surface area contributed by atoms with Crippen LogP contribution in [0.25, 0.3) is 11.4 Å². The molecule has 0 spiro atoms. The van der Waals surface area contributed by atoms with Gasteiger partial charge in [0.15, 0.2) is 11.0 Å². The number of carbonyl (C=O) groups is 1. The number of hydrogen-bond acceptors (Lipinski definition) is 5. The average Bonchev–Trinajstić information content (AvgIpc) is 3.31. The molecule has 1 amide bonds. The quantitative estimate of drug-likeness (QED) is 0.554. The van der Waals surface area contributed by atoms with E-state index in [0.29, 0.717) is 24.1 Å². The van der Waals surface area contributed by atoms with Gasteiger partial charge < -0.3 is 10.1 Å². The lowest BCUT2D eigenvalue weighted by Crippen LogP contribution is -2.31. The number of aromatic nitrogens is 3. The van der Waals surface area contributed by atoms with Gasteiger partial charge in [0.2, 0.25) is 5.91 Å². The van der Waals surface area contributed by atoms with Crippen molar-refractivity contribution in [2.75, 3.05) is 13.2 Å². The minimum absolute atomic E-state index is 0.0875. The van der Waals surface area contributed by atoms with E-state index in [-0.39, 0.29) is 23.1 Å². The molecular formula is C19H23FN4O2S. The number of rotatable bonds is 8. The third-order valence-electron chi connectivity index (χ3n) is 4.30. The Bertz CT molecular complexity index is 788. The predicted molar refractivity (Wildman–Crippen MR) is 103 cm³/mol. The number of benzene rings is 1. The van der Waals surface area contributed by atoms with Crippen LogP contribution in [0.2, 0.25) is 0 Å². The second-order valence-electron chi connectivity index (χ2n) is 6.35. The summed E-state index contributed by atoms with van der Waals surface area (Å²) in [5.41, 5.74) is 0.775. The number of halogens is 1. The summed E-state index contributed by atoms with van der Waals surface area (Å²) in [5.74, 6) is 0.257.